The first-order valence-corrected chi connectivity index (χ1v) is 6.82. The third-order valence-electron chi connectivity index (χ3n) is 3.18. The van der Waals surface area contributed by atoms with Crippen molar-refractivity contribution in [1.29, 1.82) is 0 Å². The maximum absolute atomic E-state index is 10.8. The van der Waals surface area contributed by atoms with Crippen LogP contribution >= 0.6 is 15.9 Å². The molecule has 1 atom stereocenters. The number of benzene rings is 1. The molecular formula is C13H17BrN2O2. The van der Waals surface area contributed by atoms with Crippen LogP contribution in [0.1, 0.15) is 12.0 Å². The van der Waals surface area contributed by atoms with E-state index >= 15 is 0 Å². The van der Waals surface area contributed by atoms with Gasteiger partial charge in [-0.2, -0.15) is 0 Å². The molecule has 2 N–H and O–H groups in total. The van der Waals surface area contributed by atoms with Gasteiger partial charge in [0, 0.05) is 35.8 Å². The summed E-state index contributed by atoms with van der Waals surface area (Å²) >= 11 is 3.46. The van der Waals surface area contributed by atoms with Gasteiger partial charge in [0.05, 0.1) is 6.42 Å². The second-order valence-corrected chi connectivity index (χ2v) is 5.54. The largest absolute Gasteiger partial charge is 0.481 e. The Balaban J connectivity index is 2.10. The van der Waals surface area contributed by atoms with Crippen LogP contribution in [0.15, 0.2) is 22.7 Å². The standard InChI is InChI=1S/C13H17BrN2O2/c1-9-6-10(14)2-3-12(9)16-5-4-15-11(8-16)7-13(17)18/h2-3,6,11,15H,4-5,7-8H2,1H3,(H,17,18). The Kier molecular flexibility index (Phi) is 4.24. The number of nitrogens with one attached hydrogen (secondary N) is 1. The second-order valence-electron chi connectivity index (χ2n) is 4.63. The van der Waals surface area contributed by atoms with Crippen molar-refractivity contribution < 1.29 is 9.90 Å². The first-order valence-electron chi connectivity index (χ1n) is 6.02. The Bertz CT molecular complexity index is 451. The molecule has 98 valence electrons. The number of rotatable bonds is 3. The fraction of sp³-hybridized carbons (Fsp3) is 0.462. The van der Waals surface area contributed by atoms with Crippen LogP contribution < -0.4 is 10.2 Å². The predicted octanol–water partition coefficient (Wildman–Crippen LogP) is 2.01. The highest BCUT2D eigenvalue weighted by atomic mass is 79.9. The van der Waals surface area contributed by atoms with E-state index in [0.717, 1.165) is 24.1 Å². The van der Waals surface area contributed by atoms with E-state index in [0.29, 0.717) is 0 Å². The third kappa shape index (κ3) is 3.23. The number of piperazine rings is 1. The molecule has 0 bridgehead atoms. The van der Waals surface area contributed by atoms with Crippen molar-refractivity contribution >= 4 is 27.6 Å². The average molecular weight is 313 g/mol. The van der Waals surface area contributed by atoms with Gasteiger partial charge in [-0.25, -0.2) is 0 Å². The van der Waals surface area contributed by atoms with Crippen molar-refractivity contribution in [2.24, 2.45) is 0 Å². The first-order chi connectivity index (χ1) is 8.56. The van der Waals surface area contributed by atoms with Crippen molar-refractivity contribution in [3.05, 3.63) is 28.2 Å². The molecule has 0 aromatic heterocycles. The van der Waals surface area contributed by atoms with E-state index in [1.165, 1.54) is 11.3 Å². The molecule has 0 saturated carbocycles. The molecule has 4 nitrogen and oxygen atoms in total. The lowest BCUT2D eigenvalue weighted by Gasteiger charge is -2.35. The van der Waals surface area contributed by atoms with Crippen molar-refractivity contribution in [3.63, 3.8) is 0 Å². The van der Waals surface area contributed by atoms with Crippen molar-refractivity contribution in [3.8, 4) is 0 Å². The molecule has 18 heavy (non-hydrogen) atoms. The average Bonchev–Trinajstić information content (AvgIpc) is 2.28. The molecule has 2 rings (SSSR count). The molecule has 1 saturated heterocycles. The molecule has 1 aliphatic rings. The normalized spacial score (nSPS) is 19.9. The number of aliphatic carboxylic acids is 1. The molecule has 1 unspecified atom stereocenters. The van der Waals surface area contributed by atoms with Gasteiger partial charge < -0.3 is 15.3 Å². The number of hydrogen-bond acceptors (Lipinski definition) is 3. The quantitative estimate of drug-likeness (QED) is 0.896. The predicted molar refractivity (Wildman–Crippen MR) is 75.1 cm³/mol. The zero-order chi connectivity index (χ0) is 13.1. The van der Waals surface area contributed by atoms with Gasteiger partial charge >= 0.3 is 5.97 Å². The van der Waals surface area contributed by atoms with E-state index in [2.05, 4.69) is 45.2 Å². The molecule has 1 aromatic carbocycles. The Morgan fingerprint density at radius 1 is 1.61 bits per heavy atom. The lowest BCUT2D eigenvalue weighted by atomic mass is 10.1. The van der Waals surface area contributed by atoms with Crippen molar-refractivity contribution in [2.75, 3.05) is 24.5 Å². The van der Waals surface area contributed by atoms with E-state index < -0.39 is 5.97 Å². The minimum atomic E-state index is -0.748. The highest BCUT2D eigenvalue weighted by Gasteiger charge is 2.22. The molecule has 1 aromatic rings. The number of carbonyl (C=O) groups is 1. The number of halogens is 1. The van der Waals surface area contributed by atoms with Crippen LogP contribution in [0.4, 0.5) is 5.69 Å². The van der Waals surface area contributed by atoms with E-state index in [1.54, 1.807) is 0 Å². The van der Waals surface area contributed by atoms with Crippen LogP contribution in [0, 0.1) is 6.92 Å². The van der Waals surface area contributed by atoms with Gasteiger partial charge in [0.2, 0.25) is 0 Å². The lowest BCUT2D eigenvalue weighted by Crippen LogP contribution is -2.51. The van der Waals surface area contributed by atoms with Crippen molar-refractivity contribution in [2.45, 2.75) is 19.4 Å². The van der Waals surface area contributed by atoms with Crippen LogP contribution in [-0.2, 0) is 4.79 Å². The molecule has 0 spiro atoms. The smallest absolute Gasteiger partial charge is 0.304 e. The van der Waals surface area contributed by atoms with Gasteiger partial charge in [-0.05, 0) is 30.7 Å². The maximum atomic E-state index is 10.8. The monoisotopic (exact) mass is 312 g/mol. The topological polar surface area (TPSA) is 52.6 Å². The Hall–Kier alpha value is -1.07. The van der Waals surface area contributed by atoms with Crippen LogP contribution in [0.2, 0.25) is 0 Å². The van der Waals surface area contributed by atoms with Crippen molar-refractivity contribution in [1.82, 2.24) is 5.32 Å². The summed E-state index contributed by atoms with van der Waals surface area (Å²) in [5.74, 6) is -0.748. The van der Waals surface area contributed by atoms with Gasteiger partial charge in [-0.1, -0.05) is 15.9 Å². The summed E-state index contributed by atoms with van der Waals surface area (Å²) in [7, 11) is 0. The summed E-state index contributed by atoms with van der Waals surface area (Å²) in [6.07, 6.45) is 0.173. The molecule has 0 radical (unpaired) electrons. The van der Waals surface area contributed by atoms with E-state index in [4.69, 9.17) is 5.11 Å². The van der Waals surface area contributed by atoms with Crippen LogP contribution in [0.3, 0.4) is 0 Å². The molecule has 5 heteroatoms. The lowest BCUT2D eigenvalue weighted by molar-refractivity contribution is -0.137. The highest BCUT2D eigenvalue weighted by Crippen LogP contribution is 2.25. The second kappa shape index (κ2) is 5.71. The minimum Gasteiger partial charge on any atom is -0.481 e. The SMILES string of the molecule is Cc1cc(Br)ccc1N1CCNC(CC(=O)O)C1. The zero-order valence-corrected chi connectivity index (χ0v) is 11.9. The number of carboxylic acids is 1. The minimum absolute atomic E-state index is 0.0271. The van der Waals surface area contributed by atoms with E-state index in [9.17, 15) is 4.79 Å². The summed E-state index contributed by atoms with van der Waals surface area (Å²) in [5.41, 5.74) is 2.40. The van der Waals surface area contributed by atoms with Crippen LogP contribution in [0.5, 0.6) is 0 Å². The third-order valence-corrected chi connectivity index (χ3v) is 3.67. The van der Waals surface area contributed by atoms with Crippen LogP contribution in [-0.4, -0.2) is 36.8 Å². The molecule has 0 aliphatic carbocycles. The van der Waals surface area contributed by atoms with Gasteiger partial charge in [0.25, 0.3) is 0 Å². The summed E-state index contributed by atoms with van der Waals surface area (Å²) in [5, 5.41) is 12.1. The number of hydrogen-bond donors (Lipinski definition) is 2. The molecular weight excluding hydrogens is 296 g/mol. The fourth-order valence-electron chi connectivity index (χ4n) is 2.37. The first kappa shape index (κ1) is 13.4. The van der Waals surface area contributed by atoms with Gasteiger partial charge in [0.1, 0.15) is 0 Å². The molecule has 1 aliphatic heterocycles. The fourth-order valence-corrected chi connectivity index (χ4v) is 2.84. The Morgan fingerprint density at radius 2 is 2.39 bits per heavy atom. The summed E-state index contributed by atoms with van der Waals surface area (Å²) in [6, 6.07) is 6.22. The molecule has 1 heterocycles. The number of carboxylic acid groups (broad SMARTS) is 1. The van der Waals surface area contributed by atoms with Gasteiger partial charge in [-0.15, -0.1) is 0 Å². The van der Waals surface area contributed by atoms with E-state index in [-0.39, 0.29) is 12.5 Å². The molecule has 0 amide bonds. The Morgan fingerprint density at radius 3 is 3.06 bits per heavy atom. The van der Waals surface area contributed by atoms with Crippen LogP contribution in [0.25, 0.3) is 0 Å². The summed E-state index contributed by atoms with van der Waals surface area (Å²) < 4.78 is 1.07. The zero-order valence-electron chi connectivity index (χ0n) is 10.3. The Labute approximate surface area is 115 Å². The maximum Gasteiger partial charge on any atom is 0.304 e. The van der Waals surface area contributed by atoms with Gasteiger partial charge in [-0.3, -0.25) is 4.79 Å². The molecule has 1 fully saturated rings. The number of anilines is 1. The summed E-state index contributed by atoms with van der Waals surface area (Å²) in [6.45, 7) is 4.56. The number of aryl methyl sites for hydroxylation is 1. The highest BCUT2D eigenvalue weighted by molar-refractivity contribution is 9.10. The van der Waals surface area contributed by atoms with Gasteiger partial charge in [0.15, 0.2) is 0 Å². The number of nitrogens with zero attached hydrogens (tertiary/aromatic N) is 1. The van der Waals surface area contributed by atoms with E-state index in [1.807, 2.05) is 6.07 Å². The summed E-state index contributed by atoms with van der Waals surface area (Å²) in [4.78, 5) is 13.0.